The summed E-state index contributed by atoms with van der Waals surface area (Å²) in [5.41, 5.74) is 4.47. The summed E-state index contributed by atoms with van der Waals surface area (Å²) in [7, 11) is -3.62. The zero-order valence-electron chi connectivity index (χ0n) is 11.2. The monoisotopic (exact) mass is 265 g/mol. The van der Waals surface area contributed by atoms with E-state index in [2.05, 4.69) is 6.08 Å². The van der Waals surface area contributed by atoms with Crippen LogP contribution in [0.1, 0.15) is 33.3 Å². The number of primary sulfonamides is 1. The lowest BCUT2D eigenvalue weighted by molar-refractivity contribution is 0.598. The summed E-state index contributed by atoms with van der Waals surface area (Å²) in [5.74, 6) is 0. The number of rotatable bonds is 3. The standard InChI is InChI=1S/C14H19NO2S/c1-10(2)9-14(11(3)4)12-5-7-13(8-6-12)18(15,16)17/h5-9H,1-4H3,(H2,15,16,17). The number of benzene rings is 1. The van der Waals surface area contributed by atoms with E-state index in [1.807, 2.05) is 27.7 Å². The van der Waals surface area contributed by atoms with Crippen molar-refractivity contribution in [1.29, 1.82) is 0 Å². The fraction of sp³-hybridized carbons (Fsp3) is 0.286. The first kappa shape index (κ1) is 14.7. The number of nitrogens with two attached hydrogens (primary N) is 1. The van der Waals surface area contributed by atoms with Crippen molar-refractivity contribution in [2.24, 2.45) is 5.14 Å². The molecule has 0 spiro atoms. The highest BCUT2D eigenvalue weighted by Crippen LogP contribution is 2.22. The van der Waals surface area contributed by atoms with Crippen molar-refractivity contribution in [2.75, 3.05) is 0 Å². The third kappa shape index (κ3) is 3.82. The van der Waals surface area contributed by atoms with Gasteiger partial charge in [0.2, 0.25) is 10.0 Å². The smallest absolute Gasteiger partial charge is 0.225 e. The summed E-state index contributed by atoms with van der Waals surface area (Å²) in [4.78, 5) is 0.136. The molecule has 0 amide bonds. The van der Waals surface area contributed by atoms with Crippen molar-refractivity contribution in [3.05, 3.63) is 47.1 Å². The van der Waals surface area contributed by atoms with Gasteiger partial charge in [0.25, 0.3) is 0 Å². The molecule has 2 N–H and O–H groups in total. The van der Waals surface area contributed by atoms with Gasteiger partial charge in [-0.15, -0.1) is 0 Å². The maximum absolute atomic E-state index is 11.2. The van der Waals surface area contributed by atoms with Gasteiger partial charge in [0.15, 0.2) is 0 Å². The lowest BCUT2D eigenvalue weighted by Gasteiger charge is -2.07. The molecule has 0 aliphatic heterocycles. The lowest BCUT2D eigenvalue weighted by Crippen LogP contribution is -2.11. The van der Waals surface area contributed by atoms with E-state index in [9.17, 15) is 8.42 Å². The Kier molecular flexibility index (Phi) is 4.48. The Balaban J connectivity index is 3.27. The Morgan fingerprint density at radius 2 is 1.56 bits per heavy atom. The zero-order valence-corrected chi connectivity index (χ0v) is 12.0. The van der Waals surface area contributed by atoms with Gasteiger partial charge >= 0.3 is 0 Å². The molecule has 0 bridgehead atoms. The molecule has 4 heteroatoms. The predicted molar refractivity (Wildman–Crippen MR) is 75.5 cm³/mol. The molecule has 0 unspecified atom stereocenters. The number of allylic oxidation sites excluding steroid dienone is 4. The molecule has 0 aliphatic rings. The molecular formula is C14H19NO2S. The molecule has 0 heterocycles. The largest absolute Gasteiger partial charge is 0.238 e. The molecule has 0 atom stereocenters. The molecule has 0 aliphatic carbocycles. The predicted octanol–water partition coefficient (Wildman–Crippen LogP) is 3.09. The van der Waals surface area contributed by atoms with Crippen molar-refractivity contribution in [3.8, 4) is 0 Å². The van der Waals surface area contributed by atoms with Gasteiger partial charge in [0.05, 0.1) is 4.90 Å². The molecular weight excluding hydrogens is 246 g/mol. The molecule has 0 saturated heterocycles. The number of hydrogen-bond donors (Lipinski definition) is 1. The summed E-state index contributed by atoms with van der Waals surface area (Å²) >= 11 is 0. The summed E-state index contributed by atoms with van der Waals surface area (Å²) < 4.78 is 22.4. The molecule has 0 fully saturated rings. The fourth-order valence-electron chi connectivity index (χ4n) is 1.63. The van der Waals surface area contributed by atoms with Crippen LogP contribution >= 0.6 is 0 Å². The summed E-state index contributed by atoms with van der Waals surface area (Å²) in [6.45, 7) is 8.12. The Hall–Kier alpha value is -1.39. The van der Waals surface area contributed by atoms with Gasteiger partial charge in [0, 0.05) is 0 Å². The molecule has 0 saturated carbocycles. The van der Waals surface area contributed by atoms with Gasteiger partial charge in [-0.2, -0.15) is 0 Å². The number of sulfonamides is 1. The topological polar surface area (TPSA) is 60.2 Å². The van der Waals surface area contributed by atoms with Gasteiger partial charge in [0.1, 0.15) is 0 Å². The van der Waals surface area contributed by atoms with Crippen molar-refractivity contribution in [2.45, 2.75) is 32.6 Å². The molecule has 1 aromatic carbocycles. The first-order valence-corrected chi connectivity index (χ1v) is 7.22. The van der Waals surface area contributed by atoms with E-state index in [0.717, 1.165) is 11.1 Å². The summed E-state index contributed by atoms with van der Waals surface area (Å²) in [5, 5.41) is 5.07. The molecule has 98 valence electrons. The van der Waals surface area contributed by atoms with E-state index < -0.39 is 10.0 Å². The van der Waals surface area contributed by atoms with E-state index >= 15 is 0 Å². The van der Waals surface area contributed by atoms with Gasteiger partial charge < -0.3 is 0 Å². The van der Waals surface area contributed by atoms with Gasteiger partial charge in [-0.1, -0.05) is 29.4 Å². The average Bonchev–Trinajstić information content (AvgIpc) is 2.24. The molecule has 1 aromatic rings. The highest BCUT2D eigenvalue weighted by atomic mass is 32.2. The van der Waals surface area contributed by atoms with Gasteiger partial charge in [-0.05, 0) is 51.0 Å². The van der Waals surface area contributed by atoms with Crippen molar-refractivity contribution in [1.82, 2.24) is 0 Å². The van der Waals surface area contributed by atoms with E-state index in [0.29, 0.717) is 0 Å². The third-order valence-electron chi connectivity index (χ3n) is 2.47. The fourth-order valence-corrected chi connectivity index (χ4v) is 2.14. The van der Waals surface area contributed by atoms with Crippen LogP contribution in [0.15, 0.2) is 46.4 Å². The Morgan fingerprint density at radius 1 is 1.06 bits per heavy atom. The van der Waals surface area contributed by atoms with Crippen molar-refractivity contribution >= 4 is 15.6 Å². The van der Waals surface area contributed by atoms with E-state index in [-0.39, 0.29) is 4.90 Å². The van der Waals surface area contributed by atoms with Crippen LogP contribution in [0.25, 0.3) is 5.57 Å². The van der Waals surface area contributed by atoms with E-state index in [1.54, 1.807) is 12.1 Å². The minimum Gasteiger partial charge on any atom is -0.225 e. The SMILES string of the molecule is CC(C)=CC(=C(C)C)c1ccc(S(N)(=O)=O)cc1. The molecule has 0 aromatic heterocycles. The Morgan fingerprint density at radius 3 is 1.89 bits per heavy atom. The first-order chi connectivity index (χ1) is 8.21. The second kappa shape index (κ2) is 5.50. The minimum absolute atomic E-state index is 0.136. The third-order valence-corrected chi connectivity index (χ3v) is 3.39. The van der Waals surface area contributed by atoms with Crippen LogP contribution in [0.4, 0.5) is 0 Å². The van der Waals surface area contributed by atoms with E-state index in [1.165, 1.54) is 23.3 Å². The Bertz CT molecular complexity index is 585. The van der Waals surface area contributed by atoms with Crippen molar-refractivity contribution in [3.63, 3.8) is 0 Å². The molecule has 1 rings (SSSR count). The Labute approximate surface area is 109 Å². The minimum atomic E-state index is -3.62. The molecule has 0 radical (unpaired) electrons. The highest BCUT2D eigenvalue weighted by Gasteiger charge is 2.08. The van der Waals surface area contributed by atoms with Gasteiger partial charge in [-0.3, -0.25) is 0 Å². The molecule has 3 nitrogen and oxygen atoms in total. The summed E-state index contributed by atoms with van der Waals surface area (Å²) in [6.07, 6.45) is 2.08. The van der Waals surface area contributed by atoms with Crippen LogP contribution in [-0.2, 0) is 10.0 Å². The van der Waals surface area contributed by atoms with Crippen LogP contribution in [0.2, 0.25) is 0 Å². The normalized spacial score (nSPS) is 10.9. The van der Waals surface area contributed by atoms with E-state index in [4.69, 9.17) is 5.14 Å². The van der Waals surface area contributed by atoms with Crippen LogP contribution in [-0.4, -0.2) is 8.42 Å². The van der Waals surface area contributed by atoms with Crippen LogP contribution in [0.3, 0.4) is 0 Å². The van der Waals surface area contributed by atoms with Gasteiger partial charge in [-0.25, -0.2) is 13.6 Å². The van der Waals surface area contributed by atoms with Crippen LogP contribution in [0, 0.1) is 0 Å². The lowest BCUT2D eigenvalue weighted by atomic mass is 9.99. The second-order valence-corrected chi connectivity index (χ2v) is 6.27. The zero-order chi connectivity index (χ0) is 13.9. The molecule has 18 heavy (non-hydrogen) atoms. The van der Waals surface area contributed by atoms with Crippen LogP contribution < -0.4 is 5.14 Å². The maximum atomic E-state index is 11.2. The average molecular weight is 265 g/mol. The first-order valence-electron chi connectivity index (χ1n) is 5.67. The maximum Gasteiger partial charge on any atom is 0.238 e. The van der Waals surface area contributed by atoms with Crippen molar-refractivity contribution < 1.29 is 8.42 Å². The van der Waals surface area contributed by atoms with Crippen LogP contribution in [0.5, 0.6) is 0 Å². The number of hydrogen-bond acceptors (Lipinski definition) is 2. The quantitative estimate of drug-likeness (QED) is 0.854. The summed E-state index contributed by atoms with van der Waals surface area (Å²) in [6, 6.07) is 6.63. The second-order valence-electron chi connectivity index (χ2n) is 4.70. The highest BCUT2D eigenvalue weighted by molar-refractivity contribution is 7.89.